The molecule has 24 heavy (non-hydrogen) atoms. The molecule has 2 saturated heterocycles. The Kier molecular flexibility index (Phi) is 3.59. The van der Waals surface area contributed by atoms with Crippen LogP contribution in [0.2, 0.25) is 0 Å². The van der Waals surface area contributed by atoms with Crippen molar-refractivity contribution in [2.45, 2.75) is 25.4 Å². The number of aromatic nitrogens is 2. The summed E-state index contributed by atoms with van der Waals surface area (Å²) in [6, 6.07) is 9.62. The van der Waals surface area contributed by atoms with Gasteiger partial charge in [-0.1, -0.05) is 12.1 Å². The Bertz CT molecular complexity index is 760. The van der Waals surface area contributed by atoms with Gasteiger partial charge in [-0.25, -0.2) is 9.97 Å². The lowest BCUT2D eigenvalue weighted by atomic mass is 10.2. The maximum atomic E-state index is 11.6. The van der Waals surface area contributed by atoms with Crippen LogP contribution >= 0.6 is 0 Å². The van der Waals surface area contributed by atoms with Crippen molar-refractivity contribution >= 4 is 17.5 Å². The lowest BCUT2D eigenvalue weighted by molar-refractivity contribution is 0.0962. The van der Waals surface area contributed by atoms with E-state index in [-0.39, 0.29) is 5.91 Å². The average Bonchev–Trinajstić information content (AvgIpc) is 3.22. The van der Waals surface area contributed by atoms with Crippen molar-refractivity contribution in [2.24, 2.45) is 0 Å². The van der Waals surface area contributed by atoms with Crippen LogP contribution in [0.5, 0.6) is 0 Å². The highest BCUT2D eigenvalue weighted by molar-refractivity contribution is 5.93. The first kappa shape index (κ1) is 14.9. The van der Waals surface area contributed by atoms with Gasteiger partial charge in [0.1, 0.15) is 0 Å². The molecule has 2 bridgehead atoms. The minimum atomic E-state index is -0.157. The van der Waals surface area contributed by atoms with Gasteiger partial charge in [0, 0.05) is 44.3 Å². The molecule has 0 radical (unpaired) electrons. The van der Waals surface area contributed by atoms with Gasteiger partial charge >= 0.3 is 0 Å². The lowest BCUT2D eigenvalue weighted by Crippen LogP contribution is -2.47. The van der Waals surface area contributed by atoms with Gasteiger partial charge in [-0.05, 0) is 31.0 Å². The SMILES string of the molecule is CNC(=O)c1cnc(N2CC3CC2CN3c2cccc(C)c2)nc1. The number of piperazine rings is 1. The predicted octanol–water partition coefficient (Wildman–Crippen LogP) is 1.61. The normalized spacial score (nSPS) is 22.1. The number of nitrogens with zero attached hydrogens (tertiary/aromatic N) is 4. The molecule has 1 N–H and O–H groups in total. The third kappa shape index (κ3) is 2.48. The van der Waals surface area contributed by atoms with E-state index in [9.17, 15) is 4.79 Å². The second-order valence-electron chi connectivity index (χ2n) is 6.54. The van der Waals surface area contributed by atoms with E-state index in [0.717, 1.165) is 25.5 Å². The number of benzene rings is 1. The van der Waals surface area contributed by atoms with Gasteiger partial charge in [-0.3, -0.25) is 4.79 Å². The van der Waals surface area contributed by atoms with Crippen LogP contribution in [0.1, 0.15) is 22.3 Å². The van der Waals surface area contributed by atoms with Crippen molar-refractivity contribution < 1.29 is 4.79 Å². The van der Waals surface area contributed by atoms with Crippen LogP contribution in [0.15, 0.2) is 36.7 Å². The fourth-order valence-corrected chi connectivity index (χ4v) is 3.77. The molecule has 2 aliphatic heterocycles. The minimum absolute atomic E-state index is 0.157. The number of anilines is 2. The lowest BCUT2D eigenvalue weighted by Gasteiger charge is -2.35. The fourth-order valence-electron chi connectivity index (χ4n) is 3.77. The number of nitrogens with one attached hydrogen (secondary N) is 1. The highest BCUT2D eigenvalue weighted by Gasteiger charge is 2.44. The molecule has 0 spiro atoms. The van der Waals surface area contributed by atoms with Crippen molar-refractivity contribution in [1.29, 1.82) is 0 Å². The van der Waals surface area contributed by atoms with Crippen LogP contribution in [0.25, 0.3) is 0 Å². The molecule has 1 aromatic heterocycles. The third-order valence-electron chi connectivity index (χ3n) is 4.96. The Morgan fingerprint density at radius 3 is 2.50 bits per heavy atom. The van der Waals surface area contributed by atoms with Gasteiger partial charge in [0.2, 0.25) is 5.95 Å². The van der Waals surface area contributed by atoms with Crippen molar-refractivity contribution in [2.75, 3.05) is 29.9 Å². The van der Waals surface area contributed by atoms with E-state index in [0.29, 0.717) is 17.6 Å². The number of carbonyl (C=O) groups is 1. The summed E-state index contributed by atoms with van der Waals surface area (Å²) in [6.45, 7) is 4.05. The topological polar surface area (TPSA) is 61.4 Å². The molecule has 2 unspecified atom stereocenters. The molecule has 0 aliphatic carbocycles. The van der Waals surface area contributed by atoms with Crippen molar-refractivity contribution in [3.8, 4) is 0 Å². The number of fused-ring (bicyclic) bond motifs is 2. The fraction of sp³-hybridized carbons (Fsp3) is 0.389. The van der Waals surface area contributed by atoms with Gasteiger partial charge in [-0.2, -0.15) is 0 Å². The standard InChI is InChI=1S/C18H21N5O/c1-12-4-3-5-14(6-12)22-10-16-7-15(22)11-23(16)18-20-8-13(9-21-18)17(24)19-2/h3-6,8-9,15-16H,7,10-11H2,1-2H3,(H,19,24). The van der Waals surface area contributed by atoms with E-state index in [1.54, 1.807) is 19.4 Å². The Labute approximate surface area is 141 Å². The molecular weight excluding hydrogens is 302 g/mol. The van der Waals surface area contributed by atoms with Gasteiger partial charge < -0.3 is 15.1 Å². The number of hydrogen-bond donors (Lipinski definition) is 1. The molecule has 6 nitrogen and oxygen atoms in total. The number of hydrogen-bond acceptors (Lipinski definition) is 5. The van der Waals surface area contributed by atoms with Crippen LogP contribution < -0.4 is 15.1 Å². The summed E-state index contributed by atoms with van der Waals surface area (Å²) in [5, 5.41) is 2.59. The first-order valence-corrected chi connectivity index (χ1v) is 8.30. The van der Waals surface area contributed by atoms with Crippen molar-refractivity contribution in [3.63, 3.8) is 0 Å². The number of amides is 1. The predicted molar refractivity (Wildman–Crippen MR) is 93.5 cm³/mol. The summed E-state index contributed by atoms with van der Waals surface area (Å²) >= 11 is 0. The molecule has 124 valence electrons. The van der Waals surface area contributed by atoms with Crippen LogP contribution in [-0.2, 0) is 0 Å². The molecule has 2 atom stereocenters. The largest absolute Gasteiger partial charge is 0.365 e. The summed E-state index contributed by atoms with van der Waals surface area (Å²) in [7, 11) is 1.61. The summed E-state index contributed by atoms with van der Waals surface area (Å²) in [5.74, 6) is 0.564. The zero-order chi connectivity index (χ0) is 16.7. The van der Waals surface area contributed by atoms with Gasteiger partial charge in [0.15, 0.2) is 0 Å². The quantitative estimate of drug-likeness (QED) is 0.930. The average molecular weight is 323 g/mol. The number of rotatable bonds is 3. The van der Waals surface area contributed by atoms with E-state index in [1.165, 1.54) is 11.3 Å². The number of aryl methyl sites for hydroxylation is 1. The third-order valence-corrected chi connectivity index (χ3v) is 4.96. The first-order chi connectivity index (χ1) is 11.7. The minimum Gasteiger partial charge on any atom is -0.365 e. The smallest absolute Gasteiger partial charge is 0.254 e. The molecule has 1 amide bonds. The maximum absolute atomic E-state index is 11.6. The summed E-state index contributed by atoms with van der Waals surface area (Å²) in [4.78, 5) is 25.1. The van der Waals surface area contributed by atoms with E-state index in [2.05, 4.69) is 56.3 Å². The van der Waals surface area contributed by atoms with Crippen LogP contribution in [0.3, 0.4) is 0 Å². The Hall–Kier alpha value is -2.63. The molecule has 2 aliphatic rings. The zero-order valence-corrected chi connectivity index (χ0v) is 13.9. The maximum Gasteiger partial charge on any atom is 0.254 e. The number of carbonyl (C=O) groups excluding carboxylic acids is 1. The molecular formula is C18H21N5O. The van der Waals surface area contributed by atoms with E-state index in [1.807, 2.05) is 0 Å². The molecule has 4 rings (SSSR count). The highest BCUT2D eigenvalue weighted by atomic mass is 16.1. The van der Waals surface area contributed by atoms with Crippen molar-refractivity contribution in [1.82, 2.24) is 15.3 Å². The second-order valence-corrected chi connectivity index (χ2v) is 6.54. The van der Waals surface area contributed by atoms with Crippen LogP contribution in [0.4, 0.5) is 11.6 Å². The Morgan fingerprint density at radius 1 is 1.17 bits per heavy atom. The zero-order valence-electron chi connectivity index (χ0n) is 13.9. The van der Waals surface area contributed by atoms with Crippen LogP contribution in [-0.4, -0.2) is 48.1 Å². The summed E-state index contributed by atoms with van der Waals surface area (Å²) in [5.41, 5.74) is 3.09. The summed E-state index contributed by atoms with van der Waals surface area (Å²) in [6.07, 6.45) is 4.34. The van der Waals surface area contributed by atoms with Gasteiger partial charge in [-0.15, -0.1) is 0 Å². The second kappa shape index (κ2) is 5.78. The van der Waals surface area contributed by atoms with E-state index in [4.69, 9.17) is 0 Å². The Balaban J connectivity index is 1.49. The molecule has 0 saturated carbocycles. The molecule has 2 aromatic rings. The molecule has 3 heterocycles. The molecule has 2 fully saturated rings. The first-order valence-electron chi connectivity index (χ1n) is 8.30. The van der Waals surface area contributed by atoms with Crippen LogP contribution in [0, 0.1) is 6.92 Å². The summed E-state index contributed by atoms with van der Waals surface area (Å²) < 4.78 is 0. The van der Waals surface area contributed by atoms with Crippen molar-refractivity contribution in [3.05, 3.63) is 47.8 Å². The van der Waals surface area contributed by atoms with E-state index < -0.39 is 0 Å². The van der Waals surface area contributed by atoms with Gasteiger partial charge in [0.25, 0.3) is 5.91 Å². The monoisotopic (exact) mass is 323 g/mol. The highest BCUT2D eigenvalue weighted by Crippen LogP contribution is 2.36. The van der Waals surface area contributed by atoms with Gasteiger partial charge in [0.05, 0.1) is 11.6 Å². The Morgan fingerprint density at radius 2 is 1.88 bits per heavy atom. The van der Waals surface area contributed by atoms with E-state index >= 15 is 0 Å². The molecule has 1 aromatic carbocycles. The molecule has 6 heteroatoms.